The second kappa shape index (κ2) is 9.92. The zero-order chi connectivity index (χ0) is 28.1. The highest BCUT2D eigenvalue weighted by atomic mass is 19.4. The Hall–Kier alpha value is -3.49. The van der Waals surface area contributed by atoms with Crippen LogP contribution in [0.5, 0.6) is 0 Å². The molecule has 3 amide bonds. The van der Waals surface area contributed by atoms with Gasteiger partial charge in [-0.25, -0.2) is 9.59 Å². The number of nitrogens with two attached hydrogens (primary N) is 2. The first-order chi connectivity index (χ1) is 18.3. The third-order valence-electron chi connectivity index (χ3n) is 7.88. The summed E-state index contributed by atoms with van der Waals surface area (Å²) < 4.78 is 40.6. The number of likely N-dealkylation sites (tertiary alicyclic amines) is 1. The molecule has 1 saturated carbocycles. The molecule has 1 aromatic heterocycles. The quantitative estimate of drug-likeness (QED) is 0.496. The first-order valence-electron chi connectivity index (χ1n) is 12.7. The molecule has 2 aromatic rings. The Bertz CT molecular complexity index is 1290. The number of nitrogens with zero attached hydrogens (tertiary/aromatic N) is 5. The second-order valence-corrected chi connectivity index (χ2v) is 10.6. The van der Waals surface area contributed by atoms with Gasteiger partial charge in [0.1, 0.15) is 5.82 Å². The fraction of sp³-hybridized carbons (Fsp3) is 0.520. The van der Waals surface area contributed by atoms with Crippen molar-refractivity contribution in [2.45, 2.75) is 31.2 Å². The van der Waals surface area contributed by atoms with Crippen LogP contribution in [0.15, 0.2) is 41.3 Å². The maximum Gasteiger partial charge on any atom is 0.415 e. The number of piperazine rings is 1. The normalized spacial score (nSPS) is 24.7. The number of anilines is 1. The Labute approximate surface area is 222 Å². The van der Waals surface area contributed by atoms with Gasteiger partial charge in [-0.1, -0.05) is 12.1 Å². The fourth-order valence-electron chi connectivity index (χ4n) is 5.23. The monoisotopic (exact) mass is 548 g/mol. The van der Waals surface area contributed by atoms with E-state index in [1.807, 2.05) is 24.3 Å². The average molecular weight is 549 g/mol. The van der Waals surface area contributed by atoms with E-state index in [0.717, 1.165) is 30.1 Å². The Morgan fingerprint density at radius 1 is 1.03 bits per heavy atom. The van der Waals surface area contributed by atoms with E-state index < -0.39 is 29.3 Å². The van der Waals surface area contributed by atoms with Crippen LogP contribution in [0.3, 0.4) is 0 Å². The van der Waals surface area contributed by atoms with Gasteiger partial charge >= 0.3 is 17.9 Å². The molecule has 0 radical (unpaired) electrons. The number of aromatic nitrogens is 2. The van der Waals surface area contributed by atoms with E-state index in [4.69, 9.17) is 11.5 Å². The highest BCUT2D eigenvalue weighted by molar-refractivity contribution is 5.89. The van der Waals surface area contributed by atoms with Gasteiger partial charge in [0.05, 0.1) is 5.69 Å². The number of rotatable bonds is 5. The topological polar surface area (TPSA) is 143 Å². The number of carbonyl (C=O) groups excluding carboxylic acids is 2. The van der Waals surface area contributed by atoms with Gasteiger partial charge in [0.25, 0.3) is 5.91 Å². The summed E-state index contributed by atoms with van der Waals surface area (Å²) in [6.07, 6.45) is -3.39. The minimum absolute atomic E-state index is 0.000466. The lowest BCUT2D eigenvalue weighted by Crippen LogP contribution is -2.64. The van der Waals surface area contributed by atoms with Crippen molar-refractivity contribution in [1.82, 2.24) is 24.3 Å². The van der Waals surface area contributed by atoms with E-state index in [1.54, 1.807) is 0 Å². The van der Waals surface area contributed by atoms with Crippen molar-refractivity contribution >= 4 is 17.8 Å². The maximum atomic E-state index is 13.1. The summed E-state index contributed by atoms with van der Waals surface area (Å²) >= 11 is 0. The van der Waals surface area contributed by atoms with Crippen molar-refractivity contribution in [2.75, 3.05) is 44.6 Å². The van der Waals surface area contributed by atoms with Gasteiger partial charge in [-0.2, -0.15) is 18.2 Å². The third-order valence-corrected chi connectivity index (χ3v) is 7.88. The molecule has 14 heteroatoms. The van der Waals surface area contributed by atoms with Crippen molar-refractivity contribution in [3.05, 3.63) is 52.6 Å². The minimum Gasteiger partial charge on any atom is -0.337 e. The van der Waals surface area contributed by atoms with Crippen LogP contribution in [-0.2, 0) is 11.3 Å². The molecule has 4 atom stereocenters. The van der Waals surface area contributed by atoms with E-state index in [9.17, 15) is 27.6 Å². The van der Waals surface area contributed by atoms with Gasteiger partial charge in [0, 0.05) is 58.1 Å². The van der Waals surface area contributed by atoms with E-state index in [2.05, 4.69) is 15.2 Å². The van der Waals surface area contributed by atoms with Crippen LogP contribution in [0, 0.1) is 11.8 Å². The number of hydrogen-bond donors (Lipinski definition) is 3. The Morgan fingerprint density at radius 3 is 2.18 bits per heavy atom. The van der Waals surface area contributed by atoms with Crippen molar-refractivity contribution in [3.63, 3.8) is 0 Å². The summed E-state index contributed by atoms with van der Waals surface area (Å²) in [7, 11) is 0. The molecule has 1 aliphatic carbocycles. The fourth-order valence-corrected chi connectivity index (χ4v) is 5.23. The van der Waals surface area contributed by atoms with Crippen LogP contribution in [0.4, 0.5) is 23.8 Å². The summed E-state index contributed by atoms with van der Waals surface area (Å²) in [5, 5.41) is 2.53. The van der Waals surface area contributed by atoms with Gasteiger partial charge in [-0.15, -0.1) is 0 Å². The van der Waals surface area contributed by atoms with Gasteiger partial charge in [-0.3, -0.25) is 19.6 Å². The highest BCUT2D eigenvalue weighted by Gasteiger charge is 2.55. The molecule has 39 heavy (non-hydrogen) atoms. The van der Waals surface area contributed by atoms with E-state index >= 15 is 0 Å². The number of benzene rings is 1. The average Bonchev–Trinajstić information content (AvgIpc) is 3.28. The zero-order valence-electron chi connectivity index (χ0n) is 21.4. The van der Waals surface area contributed by atoms with Crippen LogP contribution in [0.1, 0.15) is 12.5 Å². The van der Waals surface area contributed by atoms with E-state index in [0.29, 0.717) is 30.5 Å². The van der Waals surface area contributed by atoms with Crippen LogP contribution in [0.25, 0.3) is 5.69 Å². The molecule has 1 unspecified atom stereocenters. The number of carbonyl (C=O) groups is 2. The molecule has 0 bridgehead atoms. The molecule has 3 aliphatic rings. The van der Waals surface area contributed by atoms with Crippen LogP contribution in [-0.4, -0.2) is 93.2 Å². The SMILES string of the molecule is CC(N)(C(=O)N1CCN(C(=O)Nc2ccn(-c3ccc(CN4C[C@@H]5[C@@H](N)[C@@H]5C4)cc3)c(=O)n2)CC1)C(F)(F)F. The summed E-state index contributed by atoms with van der Waals surface area (Å²) in [6, 6.07) is 8.86. The molecule has 210 valence electrons. The first-order valence-corrected chi connectivity index (χ1v) is 12.7. The first kappa shape index (κ1) is 27.1. The lowest BCUT2D eigenvalue weighted by molar-refractivity contribution is -0.194. The minimum atomic E-state index is -4.89. The molecular weight excluding hydrogens is 517 g/mol. The molecule has 3 heterocycles. The number of alkyl halides is 3. The molecule has 0 spiro atoms. The number of urea groups is 1. The molecule has 2 aliphatic heterocycles. The van der Waals surface area contributed by atoms with Gasteiger partial charge in [-0.05, 0) is 42.5 Å². The van der Waals surface area contributed by atoms with Crippen molar-refractivity contribution in [2.24, 2.45) is 23.3 Å². The Balaban J connectivity index is 1.14. The predicted octanol–water partition coefficient (Wildman–Crippen LogP) is 0.577. The molecule has 11 nitrogen and oxygen atoms in total. The molecule has 3 fully saturated rings. The Morgan fingerprint density at radius 2 is 1.62 bits per heavy atom. The van der Waals surface area contributed by atoms with Crippen molar-refractivity contribution < 1.29 is 22.8 Å². The molecular formula is C25H31F3N8O3. The zero-order valence-corrected chi connectivity index (χ0v) is 21.4. The standard InChI is InChI=1S/C25H31F3N8O3/c1-24(30,25(26,27)28)21(37)34-8-10-35(11-9-34)22(38)31-19-6-7-36(23(39)32-19)16-4-2-15(3-5-16)12-33-13-17-18(14-33)20(17)29/h2-7,17-18,20H,8-14,29-30H2,1H3,(H,31,32,38,39)/t17-,18+,20+,24?. The number of nitrogens with one attached hydrogen (secondary N) is 1. The number of amides is 3. The molecule has 5 rings (SSSR count). The second-order valence-electron chi connectivity index (χ2n) is 10.6. The smallest absolute Gasteiger partial charge is 0.337 e. The van der Waals surface area contributed by atoms with E-state index in [-0.39, 0.29) is 32.0 Å². The largest absolute Gasteiger partial charge is 0.415 e. The predicted molar refractivity (Wildman–Crippen MR) is 136 cm³/mol. The number of piperidine rings is 1. The van der Waals surface area contributed by atoms with Crippen LogP contribution < -0.4 is 22.5 Å². The number of fused-ring (bicyclic) bond motifs is 1. The summed E-state index contributed by atoms with van der Waals surface area (Å²) in [4.78, 5) is 46.2. The van der Waals surface area contributed by atoms with Crippen molar-refractivity contribution in [3.8, 4) is 5.69 Å². The van der Waals surface area contributed by atoms with Gasteiger partial charge < -0.3 is 21.3 Å². The molecule has 1 aromatic carbocycles. The maximum absolute atomic E-state index is 13.1. The number of halogens is 3. The summed E-state index contributed by atoms with van der Waals surface area (Å²) in [6.45, 7) is 3.28. The number of hydrogen-bond acceptors (Lipinski definition) is 7. The highest BCUT2D eigenvalue weighted by Crippen LogP contribution is 2.44. The van der Waals surface area contributed by atoms with Gasteiger partial charge in [0.2, 0.25) is 0 Å². The lowest BCUT2D eigenvalue weighted by Gasteiger charge is -2.38. The van der Waals surface area contributed by atoms with Crippen molar-refractivity contribution in [1.29, 1.82) is 0 Å². The Kier molecular flexibility index (Phi) is 6.89. The summed E-state index contributed by atoms with van der Waals surface area (Å²) in [5.74, 6) is 0.0272. The molecule has 2 saturated heterocycles. The van der Waals surface area contributed by atoms with Crippen LogP contribution in [0.2, 0.25) is 0 Å². The molecule has 5 N–H and O–H groups in total. The lowest BCUT2D eigenvalue weighted by atomic mass is 10.0. The van der Waals surface area contributed by atoms with Crippen LogP contribution >= 0.6 is 0 Å². The third kappa shape index (κ3) is 5.36. The van der Waals surface area contributed by atoms with Gasteiger partial charge in [0.15, 0.2) is 5.54 Å². The van der Waals surface area contributed by atoms with E-state index in [1.165, 1.54) is 21.7 Å². The summed E-state index contributed by atoms with van der Waals surface area (Å²) in [5.41, 5.74) is 9.41.